The van der Waals surface area contributed by atoms with Gasteiger partial charge in [0.25, 0.3) is 5.91 Å². The smallest absolute Gasteiger partial charge is 0.335 e. The molecule has 0 unspecified atom stereocenters. The highest BCUT2D eigenvalue weighted by molar-refractivity contribution is 9.10. The third-order valence-electron chi connectivity index (χ3n) is 2.97. The van der Waals surface area contributed by atoms with Gasteiger partial charge in [0, 0.05) is 15.8 Å². The van der Waals surface area contributed by atoms with Crippen molar-refractivity contribution in [1.82, 2.24) is 0 Å². The minimum Gasteiger partial charge on any atom is -0.478 e. The summed E-state index contributed by atoms with van der Waals surface area (Å²) in [6.45, 7) is 1.67. The van der Waals surface area contributed by atoms with Crippen LogP contribution in [0.25, 0.3) is 0 Å². The summed E-state index contributed by atoms with van der Waals surface area (Å²) in [4.78, 5) is 23.1. The van der Waals surface area contributed by atoms with Gasteiger partial charge in [0.1, 0.15) is 0 Å². The summed E-state index contributed by atoms with van der Waals surface area (Å²) >= 11 is 3.28. The standard InChI is InChI=1S/C15H13BrN2O3/c1-8-6-10(3-5-11(8)15(20)21)18-14(19)12-4-2-9(16)7-13(12)17/h2-7H,17H2,1H3,(H,18,19)(H,20,21). The lowest BCUT2D eigenvalue weighted by Crippen LogP contribution is -2.14. The number of halogens is 1. The average Bonchev–Trinajstić information content (AvgIpc) is 2.37. The maximum Gasteiger partial charge on any atom is 0.335 e. The molecule has 21 heavy (non-hydrogen) atoms. The number of carbonyl (C=O) groups excluding carboxylic acids is 1. The highest BCUT2D eigenvalue weighted by Crippen LogP contribution is 2.21. The van der Waals surface area contributed by atoms with Crippen molar-refractivity contribution >= 4 is 39.2 Å². The van der Waals surface area contributed by atoms with E-state index in [2.05, 4.69) is 21.2 Å². The van der Waals surface area contributed by atoms with Crippen LogP contribution in [0, 0.1) is 6.92 Å². The van der Waals surface area contributed by atoms with Crippen molar-refractivity contribution in [2.75, 3.05) is 11.1 Å². The summed E-state index contributed by atoms with van der Waals surface area (Å²) in [5, 5.41) is 11.7. The van der Waals surface area contributed by atoms with Gasteiger partial charge in [-0.15, -0.1) is 0 Å². The van der Waals surface area contributed by atoms with Crippen molar-refractivity contribution < 1.29 is 14.7 Å². The Balaban J connectivity index is 2.23. The van der Waals surface area contributed by atoms with Crippen LogP contribution in [0.2, 0.25) is 0 Å². The minimum absolute atomic E-state index is 0.205. The number of rotatable bonds is 3. The number of anilines is 2. The quantitative estimate of drug-likeness (QED) is 0.742. The summed E-state index contributed by atoms with van der Waals surface area (Å²) in [5.74, 6) is -1.34. The number of hydrogen-bond acceptors (Lipinski definition) is 3. The van der Waals surface area contributed by atoms with Crippen LogP contribution in [0.5, 0.6) is 0 Å². The molecule has 0 aliphatic heterocycles. The first kappa shape index (κ1) is 15.1. The predicted octanol–water partition coefficient (Wildman–Crippen LogP) is 3.29. The van der Waals surface area contributed by atoms with Gasteiger partial charge in [-0.3, -0.25) is 4.79 Å². The number of carboxylic acids is 1. The van der Waals surface area contributed by atoms with Crippen molar-refractivity contribution in [1.29, 1.82) is 0 Å². The lowest BCUT2D eigenvalue weighted by molar-refractivity contribution is 0.0696. The molecule has 0 heterocycles. The lowest BCUT2D eigenvalue weighted by Gasteiger charge is -2.09. The highest BCUT2D eigenvalue weighted by Gasteiger charge is 2.12. The number of carbonyl (C=O) groups is 2. The lowest BCUT2D eigenvalue weighted by atomic mass is 10.1. The van der Waals surface area contributed by atoms with Gasteiger partial charge in [-0.2, -0.15) is 0 Å². The van der Waals surface area contributed by atoms with Crippen LogP contribution < -0.4 is 11.1 Å². The zero-order chi connectivity index (χ0) is 15.6. The number of benzene rings is 2. The van der Waals surface area contributed by atoms with Gasteiger partial charge >= 0.3 is 5.97 Å². The van der Waals surface area contributed by atoms with E-state index >= 15 is 0 Å². The molecule has 108 valence electrons. The Kier molecular flexibility index (Phi) is 4.28. The largest absolute Gasteiger partial charge is 0.478 e. The number of nitrogens with two attached hydrogens (primary N) is 1. The van der Waals surface area contributed by atoms with E-state index in [0.717, 1.165) is 4.47 Å². The second-order valence-electron chi connectivity index (χ2n) is 4.52. The maximum atomic E-state index is 12.2. The molecule has 5 nitrogen and oxygen atoms in total. The third kappa shape index (κ3) is 3.41. The van der Waals surface area contributed by atoms with Gasteiger partial charge in [0.05, 0.1) is 11.1 Å². The Labute approximate surface area is 129 Å². The molecule has 0 bridgehead atoms. The SMILES string of the molecule is Cc1cc(NC(=O)c2ccc(Br)cc2N)ccc1C(=O)O. The van der Waals surface area contributed by atoms with E-state index in [9.17, 15) is 9.59 Å². The number of carboxylic acid groups (broad SMARTS) is 1. The molecule has 2 rings (SSSR count). The van der Waals surface area contributed by atoms with E-state index in [0.29, 0.717) is 22.5 Å². The molecule has 0 aliphatic carbocycles. The first-order valence-electron chi connectivity index (χ1n) is 6.09. The van der Waals surface area contributed by atoms with Crippen molar-refractivity contribution in [2.45, 2.75) is 6.92 Å². The molecule has 0 fully saturated rings. The zero-order valence-corrected chi connectivity index (χ0v) is 12.8. The minimum atomic E-state index is -0.998. The third-order valence-corrected chi connectivity index (χ3v) is 3.47. The fourth-order valence-corrected chi connectivity index (χ4v) is 2.30. The van der Waals surface area contributed by atoms with E-state index in [1.54, 1.807) is 37.3 Å². The highest BCUT2D eigenvalue weighted by atomic mass is 79.9. The van der Waals surface area contributed by atoms with Gasteiger partial charge in [0.2, 0.25) is 0 Å². The molecule has 0 radical (unpaired) electrons. The predicted molar refractivity (Wildman–Crippen MR) is 84.6 cm³/mol. The second kappa shape index (κ2) is 5.97. The van der Waals surface area contributed by atoms with Crippen LogP contribution in [0.3, 0.4) is 0 Å². The number of nitrogens with one attached hydrogen (secondary N) is 1. The molecule has 6 heteroatoms. The van der Waals surface area contributed by atoms with E-state index in [1.807, 2.05) is 0 Å². The second-order valence-corrected chi connectivity index (χ2v) is 5.44. The Morgan fingerprint density at radius 2 is 1.81 bits per heavy atom. The molecular weight excluding hydrogens is 336 g/mol. The molecule has 0 saturated heterocycles. The summed E-state index contributed by atoms with van der Waals surface area (Å²) < 4.78 is 0.790. The summed E-state index contributed by atoms with van der Waals surface area (Å²) in [6.07, 6.45) is 0. The topological polar surface area (TPSA) is 92.4 Å². The molecule has 0 atom stereocenters. The van der Waals surface area contributed by atoms with Crippen LogP contribution in [0.4, 0.5) is 11.4 Å². The van der Waals surface area contributed by atoms with Crippen molar-refractivity contribution in [3.8, 4) is 0 Å². The first-order valence-corrected chi connectivity index (χ1v) is 6.88. The molecule has 0 aliphatic rings. The zero-order valence-electron chi connectivity index (χ0n) is 11.2. The van der Waals surface area contributed by atoms with E-state index in [1.165, 1.54) is 6.07 Å². The van der Waals surface area contributed by atoms with Gasteiger partial charge in [-0.1, -0.05) is 15.9 Å². The number of aryl methyl sites for hydroxylation is 1. The van der Waals surface area contributed by atoms with Crippen LogP contribution in [-0.4, -0.2) is 17.0 Å². The molecule has 0 saturated carbocycles. The Hall–Kier alpha value is -2.34. The molecule has 2 aromatic rings. The summed E-state index contributed by atoms with van der Waals surface area (Å²) in [6, 6.07) is 9.60. The van der Waals surface area contributed by atoms with E-state index < -0.39 is 5.97 Å². The van der Waals surface area contributed by atoms with Crippen molar-refractivity contribution in [3.63, 3.8) is 0 Å². The molecule has 0 spiro atoms. The summed E-state index contributed by atoms with van der Waals surface area (Å²) in [7, 11) is 0. The Morgan fingerprint density at radius 3 is 2.38 bits per heavy atom. The molecule has 0 aromatic heterocycles. The van der Waals surface area contributed by atoms with E-state index in [4.69, 9.17) is 10.8 Å². The fraction of sp³-hybridized carbons (Fsp3) is 0.0667. The fourth-order valence-electron chi connectivity index (χ4n) is 1.92. The maximum absolute atomic E-state index is 12.2. The van der Waals surface area contributed by atoms with Gasteiger partial charge in [0.15, 0.2) is 0 Å². The molecule has 4 N–H and O–H groups in total. The van der Waals surface area contributed by atoms with Crippen molar-refractivity contribution in [3.05, 3.63) is 57.6 Å². The molecule has 2 aromatic carbocycles. The molecular formula is C15H13BrN2O3. The number of hydrogen-bond donors (Lipinski definition) is 3. The Morgan fingerprint density at radius 1 is 1.14 bits per heavy atom. The number of amides is 1. The normalized spacial score (nSPS) is 10.2. The van der Waals surface area contributed by atoms with Crippen LogP contribution in [0.15, 0.2) is 40.9 Å². The number of nitrogen functional groups attached to an aromatic ring is 1. The molecule has 1 amide bonds. The van der Waals surface area contributed by atoms with Gasteiger partial charge in [-0.05, 0) is 48.9 Å². The van der Waals surface area contributed by atoms with Gasteiger partial charge < -0.3 is 16.2 Å². The average molecular weight is 349 g/mol. The van der Waals surface area contributed by atoms with Gasteiger partial charge in [-0.25, -0.2) is 4.79 Å². The van der Waals surface area contributed by atoms with Crippen molar-refractivity contribution in [2.24, 2.45) is 0 Å². The first-order chi connectivity index (χ1) is 9.88. The van der Waals surface area contributed by atoms with E-state index in [-0.39, 0.29) is 11.5 Å². The van der Waals surface area contributed by atoms with Crippen LogP contribution in [-0.2, 0) is 0 Å². The van der Waals surface area contributed by atoms with Crippen LogP contribution in [0.1, 0.15) is 26.3 Å². The Bertz CT molecular complexity index is 729. The summed E-state index contributed by atoms with van der Waals surface area (Å²) in [5.41, 5.74) is 7.82. The van der Waals surface area contributed by atoms with Crippen LogP contribution >= 0.6 is 15.9 Å². The number of aromatic carboxylic acids is 1. The monoisotopic (exact) mass is 348 g/mol.